The molecule has 2 aromatic carbocycles. The number of fused-ring (bicyclic) bond motifs is 2. The predicted molar refractivity (Wildman–Crippen MR) is 130 cm³/mol. The van der Waals surface area contributed by atoms with Crippen molar-refractivity contribution in [3.63, 3.8) is 0 Å². The number of ketones is 2. The Hall–Kier alpha value is -4.07. The van der Waals surface area contributed by atoms with Crippen molar-refractivity contribution in [3.8, 4) is 17.2 Å². The summed E-state index contributed by atoms with van der Waals surface area (Å²) < 4.78 is 22.2. The van der Waals surface area contributed by atoms with Crippen LogP contribution in [0.2, 0.25) is 0 Å². The summed E-state index contributed by atoms with van der Waals surface area (Å²) in [5.74, 6) is 1.02. The lowest BCUT2D eigenvalue weighted by molar-refractivity contribution is -0.125. The number of furan rings is 1. The topological polar surface area (TPSA) is 95.3 Å². The van der Waals surface area contributed by atoms with Gasteiger partial charge in [0.2, 0.25) is 12.7 Å². The van der Waals surface area contributed by atoms with Crippen molar-refractivity contribution < 1.29 is 33.0 Å². The molecular formula is C27H27NO7. The van der Waals surface area contributed by atoms with Gasteiger partial charge in [-0.25, -0.2) is 0 Å². The molecule has 1 aliphatic heterocycles. The number of amides is 1. The number of carbonyl (C=O) groups excluding carboxylic acids is 3. The Balaban J connectivity index is 1.62. The summed E-state index contributed by atoms with van der Waals surface area (Å²) in [6, 6.07) is 10.1. The van der Waals surface area contributed by atoms with Gasteiger partial charge in [0.15, 0.2) is 46.8 Å². The van der Waals surface area contributed by atoms with Crippen molar-refractivity contribution in [3.05, 3.63) is 59.4 Å². The van der Waals surface area contributed by atoms with Crippen LogP contribution < -0.4 is 14.2 Å². The third-order valence-electron chi connectivity index (χ3n) is 5.89. The van der Waals surface area contributed by atoms with Gasteiger partial charge in [0.25, 0.3) is 0 Å². The molecule has 1 amide bonds. The Kier molecular flexibility index (Phi) is 6.91. The van der Waals surface area contributed by atoms with Crippen LogP contribution in [0.1, 0.15) is 54.2 Å². The first-order valence-corrected chi connectivity index (χ1v) is 11.4. The van der Waals surface area contributed by atoms with E-state index < -0.39 is 0 Å². The van der Waals surface area contributed by atoms with E-state index >= 15 is 0 Å². The Labute approximate surface area is 203 Å². The zero-order valence-corrected chi connectivity index (χ0v) is 20.2. The smallest absolute Gasteiger partial charge is 0.246 e. The molecule has 8 heteroatoms. The summed E-state index contributed by atoms with van der Waals surface area (Å²) in [7, 11) is 0. The van der Waals surface area contributed by atoms with E-state index in [1.54, 1.807) is 47.4 Å². The fourth-order valence-electron chi connectivity index (χ4n) is 3.92. The maximum absolute atomic E-state index is 12.7. The monoisotopic (exact) mass is 477 g/mol. The molecule has 0 bridgehead atoms. The van der Waals surface area contributed by atoms with Gasteiger partial charge < -0.3 is 23.5 Å². The van der Waals surface area contributed by atoms with Crippen LogP contribution in [0.3, 0.4) is 0 Å². The van der Waals surface area contributed by atoms with Crippen molar-refractivity contribution in [2.75, 3.05) is 26.5 Å². The molecule has 1 aliphatic rings. The SMILES string of the molecule is CCN(CC)C(=O)/C=C(\C)c1ccc(OCC(=O)c2ccc3c(c2)OCO3)c2oc(C(C)=O)cc12. The second-order valence-electron chi connectivity index (χ2n) is 8.14. The number of ether oxygens (including phenoxy) is 3. The van der Waals surface area contributed by atoms with E-state index in [2.05, 4.69) is 0 Å². The number of hydrogen-bond donors (Lipinski definition) is 0. The number of nitrogens with zero attached hydrogens (tertiary/aromatic N) is 1. The summed E-state index contributed by atoms with van der Waals surface area (Å²) in [5.41, 5.74) is 2.24. The van der Waals surface area contributed by atoms with Gasteiger partial charge in [-0.2, -0.15) is 0 Å². The highest BCUT2D eigenvalue weighted by Crippen LogP contribution is 2.36. The predicted octanol–water partition coefficient (Wildman–Crippen LogP) is 4.90. The summed E-state index contributed by atoms with van der Waals surface area (Å²) >= 11 is 0. The molecule has 4 rings (SSSR count). The van der Waals surface area contributed by atoms with Gasteiger partial charge in [-0.1, -0.05) is 6.07 Å². The highest BCUT2D eigenvalue weighted by atomic mass is 16.7. The summed E-state index contributed by atoms with van der Waals surface area (Å²) in [6.07, 6.45) is 1.58. The Morgan fingerprint density at radius 2 is 1.74 bits per heavy atom. The van der Waals surface area contributed by atoms with E-state index in [1.165, 1.54) is 6.92 Å². The molecule has 0 saturated heterocycles. The molecule has 0 saturated carbocycles. The first-order valence-electron chi connectivity index (χ1n) is 11.4. The minimum atomic E-state index is -0.250. The highest BCUT2D eigenvalue weighted by molar-refractivity contribution is 6.04. The van der Waals surface area contributed by atoms with Gasteiger partial charge in [-0.15, -0.1) is 0 Å². The van der Waals surface area contributed by atoms with Crippen molar-refractivity contribution in [1.82, 2.24) is 4.90 Å². The molecule has 0 N–H and O–H groups in total. The summed E-state index contributed by atoms with van der Waals surface area (Å²) in [5, 5.41) is 0.629. The minimum Gasteiger partial charge on any atom is -0.482 e. The van der Waals surface area contributed by atoms with E-state index in [0.717, 1.165) is 11.1 Å². The quantitative estimate of drug-likeness (QED) is 0.320. The number of hydrogen-bond acceptors (Lipinski definition) is 7. The van der Waals surface area contributed by atoms with Crippen LogP contribution in [-0.2, 0) is 4.79 Å². The lowest BCUT2D eigenvalue weighted by atomic mass is 10.0. The molecule has 0 radical (unpaired) electrons. The standard InChI is InChI=1S/C27H27NO7/c1-5-28(6-2)26(31)11-16(3)19-8-10-23(27-20(19)13-24(35-27)17(4)29)32-14-21(30)18-7-9-22-25(12-18)34-15-33-22/h7-13H,5-6,14-15H2,1-4H3/b16-11+. The third kappa shape index (κ3) is 4.91. The van der Waals surface area contributed by atoms with Crippen molar-refractivity contribution in [2.45, 2.75) is 27.7 Å². The van der Waals surface area contributed by atoms with Crippen LogP contribution >= 0.6 is 0 Å². The minimum absolute atomic E-state index is 0.0921. The van der Waals surface area contributed by atoms with Crippen LogP contribution in [0.5, 0.6) is 17.2 Å². The summed E-state index contributed by atoms with van der Waals surface area (Å²) in [4.78, 5) is 39.0. The Morgan fingerprint density at radius 1 is 1.00 bits per heavy atom. The van der Waals surface area contributed by atoms with Crippen molar-refractivity contribution in [1.29, 1.82) is 0 Å². The molecule has 0 atom stereocenters. The van der Waals surface area contributed by atoms with Gasteiger partial charge in [-0.3, -0.25) is 14.4 Å². The molecule has 8 nitrogen and oxygen atoms in total. The van der Waals surface area contributed by atoms with Gasteiger partial charge in [-0.05, 0) is 62.2 Å². The van der Waals surface area contributed by atoms with Crippen LogP contribution in [-0.4, -0.2) is 48.9 Å². The van der Waals surface area contributed by atoms with E-state index in [0.29, 0.717) is 46.9 Å². The average Bonchev–Trinajstić information content (AvgIpc) is 3.50. The van der Waals surface area contributed by atoms with E-state index in [-0.39, 0.29) is 36.6 Å². The summed E-state index contributed by atoms with van der Waals surface area (Å²) in [6.45, 7) is 8.20. The first-order chi connectivity index (χ1) is 16.8. The second kappa shape index (κ2) is 10.0. The Bertz CT molecular complexity index is 1330. The molecule has 1 aromatic heterocycles. The molecule has 0 fully saturated rings. The average molecular weight is 478 g/mol. The van der Waals surface area contributed by atoms with Crippen LogP contribution in [0, 0.1) is 0 Å². The third-order valence-corrected chi connectivity index (χ3v) is 5.89. The molecule has 3 aromatic rings. The molecule has 0 unspecified atom stereocenters. The van der Waals surface area contributed by atoms with Crippen LogP contribution in [0.25, 0.3) is 16.5 Å². The number of carbonyl (C=O) groups is 3. The van der Waals surface area contributed by atoms with E-state index in [9.17, 15) is 14.4 Å². The van der Waals surface area contributed by atoms with Crippen LogP contribution in [0.15, 0.2) is 46.9 Å². The van der Waals surface area contributed by atoms with Crippen LogP contribution in [0.4, 0.5) is 0 Å². The first kappa shape index (κ1) is 24.1. The van der Waals surface area contributed by atoms with E-state index in [4.69, 9.17) is 18.6 Å². The number of benzene rings is 2. The zero-order chi connectivity index (χ0) is 25.1. The second-order valence-corrected chi connectivity index (χ2v) is 8.14. The fourth-order valence-corrected chi connectivity index (χ4v) is 3.92. The maximum atomic E-state index is 12.7. The van der Waals surface area contributed by atoms with Gasteiger partial charge in [0.05, 0.1) is 0 Å². The number of Topliss-reactive ketones (excluding diaryl/α,β-unsaturated/α-hetero) is 2. The van der Waals surface area contributed by atoms with Crippen molar-refractivity contribution in [2.24, 2.45) is 0 Å². The number of likely N-dealkylation sites (N-methyl/N-ethyl adjacent to an activating group) is 1. The Morgan fingerprint density at radius 3 is 2.46 bits per heavy atom. The number of rotatable bonds is 9. The normalized spacial score (nSPS) is 12.6. The molecule has 0 aliphatic carbocycles. The lowest BCUT2D eigenvalue weighted by Gasteiger charge is -2.17. The highest BCUT2D eigenvalue weighted by Gasteiger charge is 2.20. The van der Waals surface area contributed by atoms with Gasteiger partial charge >= 0.3 is 0 Å². The molecule has 2 heterocycles. The van der Waals surface area contributed by atoms with E-state index in [1.807, 2.05) is 20.8 Å². The van der Waals surface area contributed by atoms with Gasteiger partial charge in [0.1, 0.15) is 0 Å². The zero-order valence-electron chi connectivity index (χ0n) is 20.2. The largest absolute Gasteiger partial charge is 0.482 e. The fraction of sp³-hybridized carbons (Fsp3) is 0.296. The van der Waals surface area contributed by atoms with Crippen molar-refractivity contribution >= 4 is 34.0 Å². The molecule has 0 spiro atoms. The molecule has 182 valence electrons. The molecule has 35 heavy (non-hydrogen) atoms. The number of allylic oxidation sites excluding steroid dienone is 1. The van der Waals surface area contributed by atoms with Gasteiger partial charge in [0, 0.05) is 37.0 Å². The lowest BCUT2D eigenvalue weighted by Crippen LogP contribution is -2.28. The molecular weight excluding hydrogens is 450 g/mol. The maximum Gasteiger partial charge on any atom is 0.246 e.